The molecule has 30 heavy (non-hydrogen) atoms. The van der Waals surface area contributed by atoms with Gasteiger partial charge in [0.2, 0.25) is 5.13 Å². The summed E-state index contributed by atoms with van der Waals surface area (Å²) in [5, 5.41) is 6.61. The van der Waals surface area contributed by atoms with Crippen molar-refractivity contribution in [2.45, 2.75) is 36.7 Å². The minimum absolute atomic E-state index is 0.0345. The molecule has 1 saturated heterocycles. The van der Waals surface area contributed by atoms with Gasteiger partial charge in [-0.3, -0.25) is 14.7 Å². The minimum Gasteiger partial charge on any atom is -0.384 e. The maximum absolute atomic E-state index is 14.8. The van der Waals surface area contributed by atoms with Gasteiger partial charge >= 0.3 is 0 Å². The molecule has 0 saturated carbocycles. The van der Waals surface area contributed by atoms with Crippen LogP contribution in [0.15, 0.2) is 29.6 Å². The number of nitrogen functional groups attached to an aromatic ring is 1. The molecule has 0 spiro atoms. The molecular weight excluding hydrogens is 436 g/mol. The van der Waals surface area contributed by atoms with E-state index < -0.39 is 26.6 Å². The van der Waals surface area contributed by atoms with E-state index in [1.54, 1.807) is 6.20 Å². The smallest absolute Gasteiger partial charge is 0.266 e. The van der Waals surface area contributed by atoms with Gasteiger partial charge in [0.1, 0.15) is 28.7 Å². The van der Waals surface area contributed by atoms with Crippen LogP contribution < -0.4 is 10.5 Å². The van der Waals surface area contributed by atoms with Crippen molar-refractivity contribution in [3.8, 4) is 0 Å². The molecule has 160 valence electrons. The predicted molar refractivity (Wildman–Crippen MR) is 107 cm³/mol. The Hall–Kier alpha value is -2.64. The van der Waals surface area contributed by atoms with Gasteiger partial charge in [-0.2, -0.15) is 9.47 Å². The van der Waals surface area contributed by atoms with E-state index in [2.05, 4.69) is 24.3 Å². The van der Waals surface area contributed by atoms with Gasteiger partial charge in [0.25, 0.3) is 10.0 Å². The summed E-state index contributed by atoms with van der Waals surface area (Å²) >= 11 is 0.789. The van der Waals surface area contributed by atoms with Gasteiger partial charge in [-0.05, 0) is 31.5 Å². The average molecular weight is 456 g/mol. The summed E-state index contributed by atoms with van der Waals surface area (Å²) < 4.78 is 60.0. The molecule has 1 atom stereocenters. The second-order valence-corrected chi connectivity index (χ2v) is 9.38. The number of nitrogens with zero attached hydrogens (tertiary/aromatic N) is 4. The highest BCUT2D eigenvalue weighted by Crippen LogP contribution is 2.35. The summed E-state index contributed by atoms with van der Waals surface area (Å²) in [6.45, 7) is 0.789. The zero-order valence-corrected chi connectivity index (χ0v) is 17.3. The number of aromatic amines is 1. The Balaban J connectivity index is 1.59. The summed E-state index contributed by atoms with van der Waals surface area (Å²) in [4.78, 5) is 4.90. The first-order valence-corrected chi connectivity index (χ1v) is 11.4. The first-order valence-electron chi connectivity index (χ1n) is 9.15. The van der Waals surface area contributed by atoms with Crippen molar-refractivity contribution in [2.75, 3.05) is 17.0 Å². The highest BCUT2D eigenvalue weighted by atomic mass is 32.2. The number of sulfonamides is 1. The molecule has 1 aliphatic rings. The van der Waals surface area contributed by atoms with Gasteiger partial charge in [0, 0.05) is 35.2 Å². The van der Waals surface area contributed by atoms with Crippen LogP contribution in [0.5, 0.6) is 0 Å². The topological polar surface area (TPSA) is 130 Å². The molecule has 0 radical (unpaired) electrons. The number of rotatable bonds is 6. The van der Waals surface area contributed by atoms with Crippen molar-refractivity contribution in [3.63, 3.8) is 0 Å². The van der Waals surface area contributed by atoms with Gasteiger partial charge in [0.15, 0.2) is 0 Å². The molecule has 1 unspecified atom stereocenters. The lowest BCUT2D eigenvalue weighted by molar-refractivity contribution is 0.139. The normalized spacial score (nSPS) is 17.9. The predicted octanol–water partition coefficient (Wildman–Crippen LogP) is 2.65. The first kappa shape index (κ1) is 20.6. The number of piperidine rings is 1. The number of nitrogens with one attached hydrogen (secondary N) is 2. The van der Waals surface area contributed by atoms with E-state index in [9.17, 15) is 17.2 Å². The lowest BCUT2D eigenvalue weighted by Gasteiger charge is -2.35. The fraction of sp³-hybridized carbons (Fsp3) is 0.353. The average Bonchev–Trinajstić information content (AvgIpc) is 3.36. The van der Waals surface area contributed by atoms with E-state index in [4.69, 9.17) is 5.73 Å². The first-order chi connectivity index (χ1) is 14.3. The number of aromatic nitrogens is 4. The SMILES string of the molecule is Nc1[nH]ncc1C1CCCCN1Cc1cc(F)c(S(=O)(=O)Nc2ncns2)cc1F. The fourth-order valence-corrected chi connectivity index (χ4v) is 5.34. The molecule has 13 heteroatoms. The molecule has 4 rings (SSSR count). The highest BCUT2D eigenvalue weighted by Gasteiger charge is 2.29. The van der Waals surface area contributed by atoms with Crippen LogP contribution in [0.4, 0.5) is 19.7 Å². The number of hydrogen-bond acceptors (Lipinski definition) is 8. The fourth-order valence-electron chi connectivity index (χ4n) is 3.61. The van der Waals surface area contributed by atoms with Gasteiger partial charge in [-0.25, -0.2) is 22.2 Å². The van der Waals surface area contributed by atoms with Crippen LogP contribution in [0, 0.1) is 11.6 Å². The Bertz CT molecular complexity index is 1140. The molecule has 1 fully saturated rings. The third-order valence-electron chi connectivity index (χ3n) is 5.02. The Labute approximate surface area is 175 Å². The van der Waals surface area contributed by atoms with Gasteiger partial charge in [0.05, 0.1) is 6.20 Å². The van der Waals surface area contributed by atoms with Crippen molar-refractivity contribution in [1.82, 2.24) is 24.5 Å². The van der Waals surface area contributed by atoms with E-state index in [1.807, 2.05) is 4.90 Å². The third kappa shape index (κ3) is 4.13. The summed E-state index contributed by atoms with van der Waals surface area (Å²) in [6.07, 6.45) is 5.51. The minimum atomic E-state index is -4.34. The zero-order valence-electron chi connectivity index (χ0n) is 15.7. The summed E-state index contributed by atoms with van der Waals surface area (Å²) in [6, 6.07) is 1.54. The van der Waals surface area contributed by atoms with Crippen LogP contribution in [-0.2, 0) is 16.6 Å². The number of benzene rings is 1. The molecule has 1 aromatic carbocycles. The Morgan fingerprint density at radius 1 is 1.30 bits per heavy atom. The molecule has 0 amide bonds. The van der Waals surface area contributed by atoms with Crippen LogP contribution >= 0.6 is 11.5 Å². The standard InChI is InChI=1S/C17H19F2N7O2S2/c18-12-6-15(30(27,28)25-17-21-9-23-29-17)13(19)5-10(12)8-26-4-2-1-3-14(26)11-7-22-24-16(11)20/h5-7,9,14H,1-4,8H2,(H3,20,22,24)(H,21,23,25). The second kappa shape index (κ2) is 8.24. The number of halogens is 2. The van der Waals surface area contributed by atoms with Crippen LogP contribution in [0.2, 0.25) is 0 Å². The largest absolute Gasteiger partial charge is 0.384 e. The number of nitrogens with two attached hydrogens (primary N) is 1. The second-order valence-electron chi connectivity index (χ2n) is 6.95. The molecule has 3 aromatic rings. The van der Waals surface area contributed by atoms with Crippen molar-refractivity contribution < 1.29 is 17.2 Å². The number of H-pyrrole nitrogens is 1. The van der Waals surface area contributed by atoms with E-state index in [-0.39, 0.29) is 23.3 Å². The van der Waals surface area contributed by atoms with Crippen LogP contribution in [0.25, 0.3) is 0 Å². The van der Waals surface area contributed by atoms with Gasteiger partial charge in [-0.15, -0.1) is 0 Å². The monoisotopic (exact) mass is 455 g/mol. The summed E-state index contributed by atoms with van der Waals surface area (Å²) in [7, 11) is -4.34. The van der Waals surface area contributed by atoms with E-state index in [0.717, 1.165) is 48.8 Å². The van der Waals surface area contributed by atoms with Crippen molar-refractivity contribution in [2.24, 2.45) is 0 Å². The molecule has 0 aliphatic carbocycles. The number of likely N-dealkylation sites (tertiary alicyclic amines) is 1. The summed E-state index contributed by atoms with van der Waals surface area (Å²) in [5.74, 6) is -1.40. The summed E-state index contributed by atoms with van der Waals surface area (Å²) in [5.41, 5.74) is 6.82. The van der Waals surface area contributed by atoms with Crippen LogP contribution in [0.3, 0.4) is 0 Å². The van der Waals surface area contributed by atoms with Gasteiger partial charge < -0.3 is 5.73 Å². The number of hydrogen-bond donors (Lipinski definition) is 3. The van der Waals surface area contributed by atoms with Crippen LogP contribution in [-0.4, -0.2) is 39.4 Å². The molecule has 4 N–H and O–H groups in total. The lowest BCUT2D eigenvalue weighted by Crippen LogP contribution is -2.33. The van der Waals surface area contributed by atoms with E-state index in [0.29, 0.717) is 18.4 Å². The maximum Gasteiger partial charge on any atom is 0.266 e. The maximum atomic E-state index is 14.8. The molecule has 3 heterocycles. The zero-order chi connectivity index (χ0) is 21.3. The van der Waals surface area contributed by atoms with E-state index >= 15 is 0 Å². The molecule has 2 aromatic heterocycles. The van der Waals surface area contributed by atoms with E-state index in [1.165, 1.54) is 0 Å². The molecule has 1 aliphatic heterocycles. The van der Waals surface area contributed by atoms with Crippen LogP contribution in [0.1, 0.15) is 36.4 Å². The van der Waals surface area contributed by atoms with Crippen molar-refractivity contribution >= 4 is 32.5 Å². The Morgan fingerprint density at radius 2 is 2.13 bits per heavy atom. The molecule has 9 nitrogen and oxygen atoms in total. The molecule has 0 bridgehead atoms. The Morgan fingerprint density at radius 3 is 2.83 bits per heavy atom. The third-order valence-corrected chi connectivity index (χ3v) is 7.08. The lowest BCUT2D eigenvalue weighted by atomic mass is 9.96. The Kier molecular flexibility index (Phi) is 5.66. The van der Waals surface area contributed by atoms with Crippen molar-refractivity contribution in [3.05, 3.63) is 47.4 Å². The van der Waals surface area contributed by atoms with Crippen molar-refractivity contribution in [1.29, 1.82) is 0 Å². The van der Waals surface area contributed by atoms with Gasteiger partial charge in [-0.1, -0.05) is 6.42 Å². The number of anilines is 2. The highest BCUT2D eigenvalue weighted by molar-refractivity contribution is 7.93. The quantitative estimate of drug-likeness (QED) is 0.521. The molecular formula is C17H19F2N7O2S2.